The lowest BCUT2D eigenvalue weighted by Gasteiger charge is -2.22. The molecule has 0 fully saturated rings. The maximum absolute atomic E-state index is 12.2. The summed E-state index contributed by atoms with van der Waals surface area (Å²) in [5, 5.41) is 9.68. The summed E-state index contributed by atoms with van der Waals surface area (Å²) in [4.78, 5) is 12.2. The highest BCUT2D eigenvalue weighted by atomic mass is 31.0. The van der Waals surface area contributed by atoms with E-state index in [1.54, 1.807) is 0 Å². The van der Waals surface area contributed by atoms with Crippen molar-refractivity contribution in [1.82, 2.24) is 0 Å². The van der Waals surface area contributed by atoms with Gasteiger partial charge in [-0.25, -0.2) is 0 Å². The first kappa shape index (κ1) is 39.8. The van der Waals surface area contributed by atoms with Crippen molar-refractivity contribution in [3.63, 3.8) is 0 Å². The van der Waals surface area contributed by atoms with Crippen molar-refractivity contribution in [2.45, 2.75) is 206 Å². The van der Waals surface area contributed by atoms with Gasteiger partial charge in [0.05, 0.1) is 6.61 Å². The maximum Gasteiger partial charge on any atom is 0.306 e. The Kier molecular flexibility index (Phi) is 33.2. The Morgan fingerprint density at radius 3 is 1.23 bits per heavy atom. The molecule has 40 heavy (non-hydrogen) atoms. The number of carbonyl (C=O) groups is 1. The quantitative estimate of drug-likeness (QED) is 0.0472. The summed E-state index contributed by atoms with van der Waals surface area (Å²) in [5.41, 5.74) is 0. The number of hydrogen-bond donors (Lipinski definition) is 1. The van der Waals surface area contributed by atoms with Gasteiger partial charge in [-0.05, 0) is 12.8 Å². The van der Waals surface area contributed by atoms with E-state index in [9.17, 15) is 9.90 Å². The fourth-order valence-corrected chi connectivity index (χ4v) is 5.68. The Balaban J connectivity index is 3.53. The fourth-order valence-electron chi connectivity index (χ4n) is 5.35. The van der Waals surface area contributed by atoms with E-state index in [1.807, 2.05) is 0 Å². The van der Waals surface area contributed by atoms with E-state index >= 15 is 0 Å². The van der Waals surface area contributed by atoms with Crippen LogP contribution < -0.4 is 0 Å². The van der Waals surface area contributed by atoms with Crippen LogP contribution in [0, 0.1) is 0 Å². The molecule has 0 aromatic carbocycles. The van der Waals surface area contributed by atoms with Crippen LogP contribution >= 0.6 is 9.24 Å². The van der Waals surface area contributed by atoms with Gasteiger partial charge < -0.3 is 14.6 Å². The third-order valence-corrected chi connectivity index (χ3v) is 8.74. The second kappa shape index (κ2) is 33.3. The summed E-state index contributed by atoms with van der Waals surface area (Å²) in [5.74, 6) is -0.558. The van der Waals surface area contributed by atoms with Gasteiger partial charge in [0.1, 0.15) is 5.85 Å². The Morgan fingerprint density at radius 2 is 0.875 bits per heavy atom. The molecule has 240 valence electrons. The summed E-state index contributed by atoms with van der Waals surface area (Å²) in [7, 11) is 2.60. The van der Waals surface area contributed by atoms with Crippen molar-refractivity contribution in [3.8, 4) is 0 Å². The molecule has 0 heterocycles. The predicted octanol–water partition coefficient (Wildman–Crippen LogP) is 11.1. The van der Waals surface area contributed by atoms with Crippen molar-refractivity contribution in [2.24, 2.45) is 0 Å². The Hall–Kier alpha value is -0.180. The van der Waals surface area contributed by atoms with Gasteiger partial charge in [0.25, 0.3) is 0 Å². The molecular formula is C35H71O4P. The van der Waals surface area contributed by atoms with Gasteiger partial charge in [-0.1, -0.05) is 174 Å². The first-order valence-electron chi connectivity index (χ1n) is 17.8. The van der Waals surface area contributed by atoms with Crippen molar-refractivity contribution >= 4 is 15.2 Å². The maximum atomic E-state index is 12.2. The highest BCUT2D eigenvalue weighted by molar-refractivity contribution is 7.17. The number of aliphatic hydroxyl groups excluding tert-OH is 1. The molecule has 0 amide bonds. The van der Waals surface area contributed by atoms with Gasteiger partial charge in [-0.2, -0.15) is 0 Å². The summed E-state index contributed by atoms with van der Waals surface area (Å²) in [6.07, 6.45) is 35.3. The van der Waals surface area contributed by atoms with Crippen molar-refractivity contribution in [3.05, 3.63) is 0 Å². The molecule has 0 bridgehead atoms. The summed E-state index contributed by atoms with van der Waals surface area (Å²) in [6, 6.07) is 0. The molecule has 0 aromatic rings. The standard InChI is InChI=1S/C35H71O4P/c1-3-5-7-9-11-13-15-17-19-21-23-25-27-29-31-38-35(40)33(32-36)39-34(37)30-28-26-24-22-20-18-16-14-12-10-8-6-4-2/h33,35-36H,3-32,40H2,1-2H3. The molecule has 3 unspecified atom stereocenters. The predicted molar refractivity (Wildman–Crippen MR) is 177 cm³/mol. The van der Waals surface area contributed by atoms with Gasteiger partial charge >= 0.3 is 5.97 Å². The zero-order chi connectivity index (χ0) is 29.4. The lowest BCUT2D eigenvalue weighted by molar-refractivity contribution is -0.156. The molecular weight excluding hydrogens is 515 g/mol. The Bertz CT molecular complexity index is 502. The number of hydrogen-bond acceptors (Lipinski definition) is 4. The number of carbonyl (C=O) groups excluding carboxylic acids is 1. The third-order valence-electron chi connectivity index (χ3n) is 8.12. The molecule has 0 aliphatic heterocycles. The number of ether oxygens (including phenoxy) is 2. The van der Waals surface area contributed by atoms with Crippen molar-refractivity contribution in [2.75, 3.05) is 13.2 Å². The molecule has 3 atom stereocenters. The SMILES string of the molecule is CCCCCCCCCCCCCCCCOC(P)C(CO)OC(=O)CCCCCCCCCCCCCCC. The highest BCUT2D eigenvalue weighted by Gasteiger charge is 2.21. The molecule has 0 saturated heterocycles. The third kappa shape index (κ3) is 29.3. The first-order chi connectivity index (χ1) is 19.7. The average molecular weight is 587 g/mol. The van der Waals surface area contributed by atoms with E-state index in [0.717, 1.165) is 19.3 Å². The lowest BCUT2D eigenvalue weighted by Crippen LogP contribution is -2.32. The zero-order valence-corrected chi connectivity index (χ0v) is 28.3. The van der Waals surface area contributed by atoms with E-state index in [4.69, 9.17) is 9.47 Å². The van der Waals surface area contributed by atoms with Gasteiger partial charge in [0, 0.05) is 13.0 Å². The lowest BCUT2D eigenvalue weighted by atomic mass is 10.0. The molecule has 0 aliphatic carbocycles. The summed E-state index contributed by atoms with van der Waals surface area (Å²) in [6.45, 7) is 5.00. The van der Waals surface area contributed by atoms with Crippen LogP contribution in [0.5, 0.6) is 0 Å². The van der Waals surface area contributed by atoms with E-state index in [1.165, 1.54) is 154 Å². The van der Waals surface area contributed by atoms with E-state index in [2.05, 4.69) is 23.1 Å². The monoisotopic (exact) mass is 587 g/mol. The summed E-state index contributed by atoms with van der Waals surface area (Å²) >= 11 is 0. The van der Waals surface area contributed by atoms with Crippen LogP contribution in [-0.4, -0.2) is 36.2 Å². The minimum Gasteiger partial charge on any atom is -0.457 e. The largest absolute Gasteiger partial charge is 0.457 e. The molecule has 0 saturated carbocycles. The molecule has 0 aromatic heterocycles. The smallest absolute Gasteiger partial charge is 0.306 e. The van der Waals surface area contributed by atoms with Crippen LogP contribution in [0.4, 0.5) is 0 Å². The minimum absolute atomic E-state index is 0.197. The fraction of sp³-hybridized carbons (Fsp3) is 0.971. The minimum atomic E-state index is -0.592. The molecule has 0 rings (SSSR count). The number of unbranched alkanes of at least 4 members (excludes halogenated alkanes) is 25. The number of esters is 1. The highest BCUT2D eigenvalue weighted by Crippen LogP contribution is 2.17. The molecule has 0 radical (unpaired) electrons. The van der Waals surface area contributed by atoms with Crippen molar-refractivity contribution < 1.29 is 19.4 Å². The van der Waals surface area contributed by atoms with Gasteiger partial charge in [-0.3, -0.25) is 4.79 Å². The average Bonchev–Trinajstić information content (AvgIpc) is 2.96. The Morgan fingerprint density at radius 1 is 0.550 bits per heavy atom. The van der Waals surface area contributed by atoms with Crippen LogP contribution in [0.25, 0.3) is 0 Å². The Labute approximate surface area is 253 Å². The molecule has 1 N–H and O–H groups in total. The van der Waals surface area contributed by atoms with Gasteiger partial charge in [-0.15, -0.1) is 9.24 Å². The number of aliphatic hydroxyl groups is 1. The van der Waals surface area contributed by atoms with E-state index < -0.39 is 6.10 Å². The topological polar surface area (TPSA) is 55.8 Å². The summed E-state index contributed by atoms with van der Waals surface area (Å²) < 4.78 is 11.4. The molecule has 4 nitrogen and oxygen atoms in total. The van der Waals surface area contributed by atoms with Crippen LogP contribution in [0.2, 0.25) is 0 Å². The first-order valence-corrected chi connectivity index (χ1v) is 18.5. The second-order valence-electron chi connectivity index (χ2n) is 12.1. The normalized spacial score (nSPS) is 13.0. The van der Waals surface area contributed by atoms with Crippen LogP contribution in [-0.2, 0) is 14.3 Å². The van der Waals surface area contributed by atoms with Crippen LogP contribution in [0.15, 0.2) is 0 Å². The van der Waals surface area contributed by atoms with Gasteiger partial charge in [0.2, 0.25) is 0 Å². The number of rotatable bonds is 33. The van der Waals surface area contributed by atoms with Crippen molar-refractivity contribution in [1.29, 1.82) is 0 Å². The second-order valence-corrected chi connectivity index (χ2v) is 12.8. The van der Waals surface area contributed by atoms with E-state index in [0.29, 0.717) is 13.0 Å². The van der Waals surface area contributed by atoms with Gasteiger partial charge in [0.15, 0.2) is 6.10 Å². The zero-order valence-electron chi connectivity index (χ0n) is 27.1. The molecule has 5 heteroatoms. The van der Waals surface area contributed by atoms with E-state index in [-0.39, 0.29) is 18.4 Å². The molecule has 0 spiro atoms. The van der Waals surface area contributed by atoms with Crippen LogP contribution in [0.3, 0.4) is 0 Å². The molecule has 0 aliphatic rings. The van der Waals surface area contributed by atoms with Crippen LogP contribution in [0.1, 0.15) is 194 Å².